The second kappa shape index (κ2) is 14.8. The third kappa shape index (κ3) is 8.11. The van der Waals surface area contributed by atoms with E-state index in [0.29, 0.717) is 17.7 Å². The van der Waals surface area contributed by atoms with Crippen molar-refractivity contribution in [1.29, 1.82) is 0 Å². The smallest absolute Gasteiger partial charge is 0.321 e. The van der Waals surface area contributed by atoms with Crippen LogP contribution in [0.15, 0.2) is 36.4 Å². The van der Waals surface area contributed by atoms with Gasteiger partial charge in [0.05, 0.1) is 6.61 Å². The summed E-state index contributed by atoms with van der Waals surface area (Å²) >= 11 is 0. The molecule has 0 fully saturated rings. The average molecular weight is 465 g/mol. The maximum atomic E-state index is 13.7. The first-order valence-electron chi connectivity index (χ1n) is 13.2. The molecule has 0 spiro atoms. The molecule has 3 heteroatoms. The van der Waals surface area contributed by atoms with Crippen LogP contribution in [0.25, 0.3) is 0 Å². The lowest BCUT2D eigenvalue weighted by Crippen LogP contribution is -2.26. The van der Waals surface area contributed by atoms with Crippen LogP contribution in [0.5, 0.6) is 0 Å². The summed E-state index contributed by atoms with van der Waals surface area (Å²) < 4.78 is 5.65. The van der Waals surface area contributed by atoms with E-state index in [1.165, 1.54) is 51.4 Å². The first kappa shape index (κ1) is 27.8. The van der Waals surface area contributed by atoms with Crippen LogP contribution in [-0.2, 0) is 9.53 Å². The zero-order valence-corrected chi connectivity index (χ0v) is 22.0. The van der Waals surface area contributed by atoms with E-state index in [9.17, 15) is 9.59 Å². The van der Waals surface area contributed by atoms with Crippen molar-refractivity contribution in [2.24, 2.45) is 0 Å². The van der Waals surface area contributed by atoms with Crippen LogP contribution in [0, 0.1) is 27.7 Å². The summed E-state index contributed by atoms with van der Waals surface area (Å²) in [6.07, 6.45) is 12.3. The highest BCUT2D eigenvalue weighted by Gasteiger charge is 2.33. The van der Waals surface area contributed by atoms with Gasteiger partial charge >= 0.3 is 5.97 Å². The molecule has 0 heterocycles. The molecule has 0 saturated carbocycles. The Morgan fingerprint density at radius 3 is 1.88 bits per heavy atom. The number of carbonyl (C=O) groups excluding carboxylic acids is 2. The SMILES string of the molecule is CCCCCCCCCCCCOC(=O)C(C(=O)c1c(C)cc(C)c(C)c1C)c1ccccc1. The molecule has 0 amide bonds. The lowest BCUT2D eigenvalue weighted by molar-refractivity contribution is -0.144. The Kier molecular flexibility index (Phi) is 12.1. The quantitative estimate of drug-likeness (QED) is 0.115. The van der Waals surface area contributed by atoms with Gasteiger partial charge in [0.2, 0.25) is 0 Å². The number of ketones is 1. The van der Waals surface area contributed by atoms with Crippen LogP contribution >= 0.6 is 0 Å². The Bertz CT molecular complexity index is 914. The van der Waals surface area contributed by atoms with Gasteiger partial charge in [-0.15, -0.1) is 0 Å². The average Bonchev–Trinajstić information content (AvgIpc) is 2.82. The number of esters is 1. The molecule has 0 N–H and O–H groups in total. The molecule has 0 saturated heterocycles. The van der Waals surface area contributed by atoms with Crippen molar-refractivity contribution in [1.82, 2.24) is 0 Å². The maximum Gasteiger partial charge on any atom is 0.321 e. The van der Waals surface area contributed by atoms with Crippen molar-refractivity contribution in [2.45, 2.75) is 105 Å². The summed E-state index contributed by atoms with van der Waals surface area (Å²) in [6, 6.07) is 11.3. The lowest BCUT2D eigenvalue weighted by Gasteiger charge is -2.20. The van der Waals surface area contributed by atoms with Crippen molar-refractivity contribution in [3.8, 4) is 0 Å². The summed E-state index contributed by atoms with van der Waals surface area (Å²) in [5.41, 5.74) is 5.45. The fourth-order valence-electron chi connectivity index (χ4n) is 4.69. The van der Waals surface area contributed by atoms with Gasteiger partial charge in [0, 0.05) is 5.56 Å². The Labute approximate surface area is 207 Å². The lowest BCUT2D eigenvalue weighted by atomic mass is 9.84. The van der Waals surface area contributed by atoms with Gasteiger partial charge in [0.15, 0.2) is 5.78 Å². The van der Waals surface area contributed by atoms with Gasteiger partial charge in [-0.3, -0.25) is 9.59 Å². The van der Waals surface area contributed by atoms with E-state index in [1.54, 1.807) is 0 Å². The minimum atomic E-state index is -0.927. The highest BCUT2D eigenvalue weighted by atomic mass is 16.5. The van der Waals surface area contributed by atoms with Gasteiger partial charge in [0.1, 0.15) is 5.92 Å². The second-order valence-electron chi connectivity index (χ2n) is 9.69. The fraction of sp³-hybridized carbons (Fsp3) is 0.548. The number of benzene rings is 2. The van der Waals surface area contributed by atoms with E-state index in [2.05, 4.69) is 13.8 Å². The van der Waals surface area contributed by atoms with E-state index in [4.69, 9.17) is 4.74 Å². The standard InChI is InChI=1S/C31H44O3/c1-6-7-8-9-10-11-12-13-14-18-21-34-31(33)29(27-19-16-15-17-20-27)30(32)28-24(3)22-23(2)25(4)26(28)5/h15-17,19-20,22,29H,6-14,18,21H2,1-5H3. The van der Waals surface area contributed by atoms with Crippen molar-refractivity contribution >= 4 is 11.8 Å². The Morgan fingerprint density at radius 2 is 1.29 bits per heavy atom. The van der Waals surface area contributed by atoms with Crippen LogP contribution in [0.4, 0.5) is 0 Å². The first-order valence-corrected chi connectivity index (χ1v) is 13.2. The Morgan fingerprint density at radius 1 is 0.735 bits per heavy atom. The minimum absolute atomic E-state index is 0.169. The van der Waals surface area contributed by atoms with Gasteiger partial charge in [-0.25, -0.2) is 0 Å². The van der Waals surface area contributed by atoms with E-state index < -0.39 is 11.9 Å². The number of aryl methyl sites for hydroxylation is 2. The molecule has 0 radical (unpaired) electrons. The molecule has 186 valence electrons. The molecular weight excluding hydrogens is 420 g/mol. The van der Waals surface area contributed by atoms with E-state index in [1.807, 2.05) is 57.2 Å². The normalized spacial score (nSPS) is 11.9. The molecule has 0 aliphatic heterocycles. The summed E-state index contributed by atoms with van der Waals surface area (Å²) in [4.78, 5) is 26.8. The number of rotatable bonds is 15. The van der Waals surface area contributed by atoms with Crippen LogP contribution in [-0.4, -0.2) is 18.4 Å². The van der Waals surface area contributed by atoms with Crippen molar-refractivity contribution in [2.75, 3.05) is 6.61 Å². The predicted octanol–water partition coefficient (Wildman–Crippen LogP) is 8.35. The van der Waals surface area contributed by atoms with Gasteiger partial charge in [0.25, 0.3) is 0 Å². The monoisotopic (exact) mass is 464 g/mol. The van der Waals surface area contributed by atoms with Crippen molar-refractivity contribution < 1.29 is 14.3 Å². The molecule has 1 unspecified atom stereocenters. The van der Waals surface area contributed by atoms with E-state index >= 15 is 0 Å². The molecule has 2 aromatic rings. The van der Waals surface area contributed by atoms with Crippen LogP contribution in [0.1, 0.15) is 115 Å². The molecular formula is C31H44O3. The third-order valence-electron chi connectivity index (χ3n) is 6.98. The summed E-state index contributed by atoms with van der Waals surface area (Å²) in [5.74, 6) is -1.54. The summed E-state index contributed by atoms with van der Waals surface area (Å²) in [6.45, 7) is 10.6. The Balaban J connectivity index is 1.95. The van der Waals surface area contributed by atoms with E-state index in [0.717, 1.165) is 35.1 Å². The molecule has 0 bridgehead atoms. The number of carbonyl (C=O) groups is 2. The molecule has 2 rings (SSSR count). The number of Topliss-reactive ketones (excluding diaryl/α,β-unsaturated/α-hetero) is 1. The molecule has 0 aliphatic rings. The number of unbranched alkanes of at least 4 members (excludes halogenated alkanes) is 9. The maximum absolute atomic E-state index is 13.7. The van der Waals surface area contributed by atoms with Gasteiger partial charge in [-0.2, -0.15) is 0 Å². The summed E-state index contributed by atoms with van der Waals surface area (Å²) in [5, 5.41) is 0. The molecule has 34 heavy (non-hydrogen) atoms. The van der Waals surface area contributed by atoms with Crippen LogP contribution in [0.3, 0.4) is 0 Å². The number of hydrogen-bond donors (Lipinski definition) is 0. The van der Waals surface area contributed by atoms with Crippen molar-refractivity contribution in [3.63, 3.8) is 0 Å². The molecule has 3 nitrogen and oxygen atoms in total. The third-order valence-corrected chi connectivity index (χ3v) is 6.98. The first-order chi connectivity index (χ1) is 16.4. The van der Waals surface area contributed by atoms with Gasteiger partial charge in [-0.05, 0) is 61.9 Å². The largest absolute Gasteiger partial charge is 0.465 e. The number of ether oxygens (including phenoxy) is 1. The fourth-order valence-corrected chi connectivity index (χ4v) is 4.69. The number of hydrogen-bond acceptors (Lipinski definition) is 3. The predicted molar refractivity (Wildman–Crippen MR) is 142 cm³/mol. The van der Waals surface area contributed by atoms with Gasteiger partial charge in [-0.1, -0.05) is 101 Å². The molecule has 1 atom stereocenters. The molecule has 0 aliphatic carbocycles. The van der Waals surface area contributed by atoms with Gasteiger partial charge < -0.3 is 4.74 Å². The van der Waals surface area contributed by atoms with Crippen LogP contribution < -0.4 is 0 Å². The highest BCUT2D eigenvalue weighted by molar-refractivity contribution is 6.14. The molecule has 0 aromatic heterocycles. The van der Waals surface area contributed by atoms with Crippen molar-refractivity contribution in [3.05, 3.63) is 69.8 Å². The van der Waals surface area contributed by atoms with Crippen LogP contribution in [0.2, 0.25) is 0 Å². The molecule has 2 aromatic carbocycles. The zero-order chi connectivity index (χ0) is 24.9. The zero-order valence-electron chi connectivity index (χ0n) is 22.0. The highest BCUT2D eigenvalue weighted by Crippen LogP contribution is 2.29. The van der Waals surface area contributed by atoms with E-state index in [-0.39, 0.29) is 5.78 Å². The second-order valence-corrected chi connectivity index (χ2v) is 9.69. The summed E-state index contributed by atoms with van der Waals surface area (Å²) in [7, 11) is 0. The Hall–Kier alpha value is -2.42. The minimum Gasteiger partial charge on any atom is -0.465 e. The topological polar surface area (TPSA) is 43.4 Å².